The van der Waals surface area contributed by atoms with Gasteiger partial charge in [0.2, 0.25) is 11.7 Å². The average molecular weight is 266 g/mol. The van der Waals surface area contributed by atoms with Crippen LogP contribution in [0, 0.1) is 5.92 Å². The van der Waals surface area contributed by atoms with Crippen LogP contribution < -0.4 is 5.73 Å². The third-order valence-corrected chi connectivity index (χ3v) is 2.84. The van der Waals surface area contributed by atoms with Crippen molar-refractivity contribution in [3.05, 3.63) is 35.2 Å². The predicted molar refractivity (Wildman–Crippen MR) is 71.1 cm³/mol. The third-order valence-electron chi connectivity index (χ3n) is 2.59. The zero-order valence-electron chi connectivity index (χ0n) is 10.4. The van der Waals surface area contributed by atoms with Gasteiger partial charge in [-0.2, -0.15) is 4.98 Å². The van der Waals surface area contributed by atoms with Crippen LogP contribution in [-0.4, -0.2) is 10.1 Å². The van der Waals surface area contributed by atoms with Crippen molar-refractivity contribution in [1.29, 1.82) is 0 Å². The molecule has 0 saturated heterocycles. The lowest BCUT2D eigenvalue weighted by molar-refractivity contribution is 0.335. The van der Waals surface area contributed by atoms with Crippen molar-refractivity contribution in [3.8, 4) is 11.4 Å². The summed E-state index contributed by atoms with van der Waals surface area (Å²) in [5.41, 5.74) is 6.86. The summed E-state index contributed by atoms with van der Waals surface area (Å²) in [6.07, 6.45) is 0.822. The van der Waals surface area contributed by atoms with Crippen LogP contribution in [0.5, 0.6) is 0 Å². The largest absolute Gasteiger partial charge is 0.337 e. The standard InChI is InChI=1S/C13H16ClN3O/c1-8(2)7-11(15)13-16-12(17-18-13)9-3-5-10(14)6-4-9/h3-6,8,11H,7,15H2,1-2H3. The highest BCUT2D eigenvalue weighted by Gasteiger charge is 2.16. The van der Waals surface area contributed by atoms with Crippen molar-refractivity contribution >= 4 is 11.6 Å². The second kappa shape index (κ2) is 5.50. The van der Waals surface area contributed by atoms with Crippen LogP contribution in [0.3, 0.4) is 0 Å². The normalized spacial score (nSPS) is 12.9. The summed E-state index contributed by atoms with van der Waals surface area (Å²) in [4.78, 5) is 4.32. The number of rotatable bonds is 4. The number of benzene rings is 1. The van der Waals surface area contributed by atoms with Gasteiger partial charge in [-0.05, 0) is 36.6 Å². The van der Waals surface area contributed by atoms with Crippen molar-refractivity contribution < 1.29 is 4.52 Å². The molecule has 1 aromatic carbocycles. The minimum absolute atomic E-state index is 0.210. The van der Waals surface area contributed by atoms with Crippen LogP contribution in [0.15, 0.2) is 28.8 Å². The quantitative estimate of drug-likeness (QED) is 0.920. The Morgan fingerprint density at radius 2 is 1.94 bits per heavy atom. The molecule has 0 bridgehead atoms. The fraction of sp³-hybridized carbons (Fsp3) is 0.385. The molecule has 4 nitrogen and oxygen atoms in total. The van der Waals surface area contributed by atoms with E-state index in [0.717, 1.165) is 12.0 Å². The van der Waals surface area contributed by atoms with Gasteiger partial charge in [-0.25, -0.2) is 0 Å². The molecule has 96 valence electrons. The lowest BCUT2D eigenvalue weighted by atomic mass is 10.0. The Labute approximate surface area is 111 Å². The lowest BCUT2D eigenvalue weighted by Gasteiger charge is -2.08. The molecule has 0 spiro atoms. The molecule has 1 heterocycles. The predicted octanol–water partition coefficient (Wildman–Crippen LogP) is 3.44. The number of nitrogens with two attached hydrogens (primary N) is 1. The molecule has 18 heavy (non-hydrogen) atoms. The molecule has 2 aromatic rings. The highest BCUT2D eigenvalue weighted by molar-refractivity contribution is 6.30. The van der Waals surface area contributed by atoms with E-state index in [2.05, 4.69) is 24.0 Å². The van der Waals surface area contributed by atoms with Gasteiger partial charge in [0.15, 0.2) is 0 Å². The molecule has 0 amide bonds. The smallest absolute Gasteiger partial charge is 0.243 e. The van der Waals surface area contributed by atoms with Gasteiger partial charge in [0.1, 0.15) is 0 Å². The van der Waals surface area contributed by atoms with Gasteiger partial charge in [0.25, 0.3) is 0 Å². The third kappa shape index (κ3) is 3.09. The second-order valence-electron chi connectivity index (χ2n) is 4.70. The average Bonchev–Trinajstić information content (AvgIpc) is 2.78. The molecule has 1 aromatic heterocycles. The van der Waals surface area contributed by atoms with Crippen molar-refractivity contribution in [1.82, 2.24) is 10.1 Å². The van der Waals surface area contributed by atoms with Crippen molar-refractivity contribution in [2.24, 2.45) is 11.7 Å². The minimum Gasteiger partial charge on any atom is -0.337 e. The van der Waals surface area contributed by atoms with Gasteiger partial charge >= 0.3 is 0 Å². The van der Waals surface area contributed by atoms with Crippen LogP contribution in [0.2, 0.25) is 5.02 Å². The van der Waals surface area contributed by atoms with Gasteiger partial charge in [-0.3, -0.25) is 0 Å². The summed E-state index contributed by atoms with van der Waals surface area (Å²) in [6.45, 7) is 4.21. The van der Waals surface area contributed by atoms with Gasteiger partial charge in [0.05, 0.1) is 6.04 Å². The maximum Gasteiger partial charge on any atom is 0.243 e. The first-order valence-corrected chi connectivity index (χ1v) is 6.29. The van der Waals surface area contributed by atoms with Gasteiger partial charge in [0, 0.05) is 10.6 Å². The Morgan fingerprint density at radius 1 is 1.28 bits per heavy atom. The van der Waals surface area contributed by atoms with Crippen molar-refractivity contribution in [2.75, 3.05) is 0 Å². The molecule has 2 rings (SSSR count). The van der Waals surface area contributed by atoms with E-state index in [1.54, 1.807) is 12.1 Å². The van der Waals surface area contributed by atoms with Crippen LogP contribution >= 0.6 is 11.6 Å². The van der Waals surface area contributed by atoms with Crippen LogP contribution in [0.1, 0.15) is 32.2 Å². The first-order chi connectivity index (χ1) is 8.56. The maximum absolute atomic E-state index is 5.99. The molecule has 0 fully saturated rings. The Morgan fingerprint density at radius 3 is 2.56 bits per heavy atom. The van der Waals surface area contributed by atoms with E-state index in [1.807, 2.05) is 12.1 Å². The highest BCUT2D eigenvalue weighted by Crippen LogP contribution is 2.22. The molecule has 0 radical (unpaired) electrons. The Kier molecular flexibility index (Phi) is 3.99. The lowest BCUT2D eigenvalue weighted by Crippen LogP contribution is -2.13. The first-order valence-electron chi connectivity index (χ1n) is 5.91. The SMILES string of the molecule is CC(C)CC(N)c1nc(-c2ccc(Cl)cc2)no1. The van der Waals surface area contributed by atoms with Crippen molar-refractivity contribution in [3.63, 3.8) is 0 Å². The number of hydrogen-bond donors (Lipinski definition) is 1. The molecule has 1 unspecified atom stereocenters. The number of hydrogen-bond acceptors (Lipinski definition) is 4. The van der Waals surface area contributed by atoms with Crippen molar-refractivity contribution in [2.45, 2.75) is 26.3 Å². The summed E-state index contributed by atoms with van der Waals surface area (Å²) in [5, 5.41) is 4.61. The van der Waals surface area contributed by atoms with Gasteiger partial charge < -0.3 is 10.3 Å². The molecule has 0 aliphatic carbocycles. The van der Waals surface area contributed by atoms with E-state index in [4.69, 9.17) is 21.9 Å². The van der Waals surface area contributed by atoms with Gasteiger partial charge in [-0.15, -0.1) is 0 Å². The first kappa shape index (κ1) is 13.1. The molecule has 1 atom stereocenters. The summed E-state index contributed by atoms with van der Waals surface area (Å²) in [7, 11) is 0. The molecule has 0 saturated carbocycles. The maximum atomic E-state index is 5.99. The molecule has 0 aliphatic rings. The molecule has 5 heteroatoms. The number of nitrogens with zero attached hydrogens (tertiary/aromatic N) is 2. The number of halogens is 1. The molecule has 2 N–H and O–H groups in total. The Hall–Kier alpha value is -1.39. The highest BCUT2D eigenvalue weighted by atomic mass is 35.5. The van der Waals surface area contributed by atoms with Crippen LogP contribution in [0.25, 0.3) is 11.4 Å². The van der Waals surface area contributed by atoms with Crippen LogP contribution in [0.4, 0.5) is 0 Å². The number of aromatic nitrogens is 2. The fourth-order valence-corrected chi connectivity index (χ4v) is 1.84. The van der Waals surface area contributed by atoms with E-state index in [-0.39, 0.29) is 6.04 Å². The topological polar surface area (TPSA) is 64.9 Å². The summed E-state index contributed by atoms with van der Waals surface area (Å²) >= 11 is 5.83. The second-order valence-corrected chi connectivity index (χ2v) is 5.14. The monoisotopic (exact) mass is 265 g/mol. The van der Waals surface area contributed by atoms with E-state index >= 15 is 0 Å². The van der Waals surface area contributed by atoms with E-state index in [0.29, 0.717) is 22.7 Å². The van der Waals surface area contributed by atoms with E-state index in [9.17, 15) is 0 Å². The molecular formula is C13H16ClN3O. The summed E-state index contributed by atoms with van der Waals surface area (Å²) < 4.78 is 5.19. The minimum atomic E-state index is -0.210. The van der Waals surface area contributed by atoms with Gasteiger partial charge in [-0.1, -0.05) is 30.6 Å². The van der Waals surface area contributed by atoms with Crippen LogP contribution in [-0.2, 0) is 0 Å². The zero-order chi connectivity index (χ0) is 13.1. The van der Waals surface area contributed by atoms with E-state index in [1.165, 1.54) is 0 Å². The molecule has 0 aliphatic heterocycles. The zero-order valence-corrected chi connectivity index (χ0v) is 11.2. The fourth-order valence-electron chi connectivity index (χ4n) is 1.71. The Balaban J connectivity index is 2.17. The summed E-state index contributed by atoms with van der Waals surface area (Å²) in [5.74, 6) is 1.51. The van der Waals surface area contributed by atoms with E-state index < -0.39 is 0 Å². The molecular weight excluding hydrogens is 250 g/mol. The Bertz CT molecular complexity index is 507. The summed E-state index contributed by atoms with van der Waals surface area (Å²) in [6, 6.07) is 7.08.